The van der Waals surface area contributed by atoms with Gasteiger partial charge in [0.1, 0.15) is 27.4 Å². The van der Waals surface area contributed by atoms with Gasteiger partial charge in [-0.05, 0) is 54.1 Å². The molecule has 5 rings (SSSR count). The fourth-order valence-electron chi connectivity index (χ4n) is 2.86. The van der Waals surface area contributed by atoms with Crippen LogP contribution in [0.4, 0.5) is 4.39 Å². The van der Waals surface area contributed by atoms with Crippen LogP contribution < -0.4 is 0 Å². The Morgan fingerprint density at radius 2 is 1.54 bits per heavy atom. The molecule has 0 unspecified atom stereocenters. The molecule has 4 nitrogen and oxygen atoms in total. The molecule has 0 aliphatic carbocycles. The van der Waals surface area contributed by atoms with Crippen LogP contribution in [0.3, 0.4) is 0 Å². The Labute approximate surface area is 170 Å². The lowest BCUT2D eigenvalue weighted by Crippen LogP contribution is -1.99. The summed E-state index contributed by atoms with van der Waals surface area (Å²) in [6, 6.07) is 17.8. The van der Waals surface area contributed by atoms with E-state index in [9.17, 15) is 4.39 Å². The van der Waals surface area contributed by atoms with Crippen molar-refractivity contribution in [3.8, 4) is 0 Å². The van der Waals surface area contributed by atoms with Gasteiger partial charge < -0.3 is 9.55 Å². The first kappa shape index (κ1) is 18.5. The Balaban J connectivity index is 0.000000162. The monoisotopic (exact) mass is 412 g/mol. The number of hydrogen-bond donors (Lipinski definition) is 1. The normalized spacial score (nSPS) is 10.8. The topological polar surface area (TPSA) is 46.5 Å². The van der Waals surface area contributed by atoms with E-state index in [1.807, 2.05) is 41.2 Å². The SMILES string of the molecule is Clc1ccc2cc[nH]c2n1.Fc1ccc(Cn2ccc3ccc(Cl)nc32)cc1. The fraction of sp³-hybridized carbons (Fsp3) is 0.0476. The van der Waals surface area contributed by atoms with E-state index in [1.54, 1.807) is 24.3 Å². The molecule has 5 aromatic rings. The van der Waals surface area contributed by atoms with Crippen LogP contribution in [0.2, 0.25) is 10.3 Å². The molecule has 1 N–H and O–H groups in total. The molecule has 28 heavy (non-hydrogen) atoms. The Kier molecular flexibility index (Phi) is 5.28. The van der Waals surface area contributed by atoms with E-state index in [0.717, 1.165) is 27.6 Å². The highest BCUT2D eigenvalue weighted by Crippen LogP contribution is 2.18. The molecule has 0 aliphatic rings. The zero-order valence-electron chi connectivity index (χ0n) is 14.6. The Hall–Kier alpha value is -2.89. The number of benzene rings is 1. The van der Waals surface area contributed by atoms with Gasteiger partial charge in [-0.25, -0.2) is 14.4 Å². The smallest absolute Gasteiger partial charge is 0.141 e. The molecule has 4 heterocycles. The van der Waals surface area contributed by atoms with E-state index in [1.165, 1.54) is 12.1 Å². The number of fused-ring (bicyclic) bond motifs is 2. The number of nitrogens with zero attached hydrogens (tertiary/aromatic N) is 3. The molecule has 0 amide bonds. The number of aromatic amines is 1. The minimum Gasteiger partial charge on any atom is -0.346 e. The predicted octanol–water partition coefficient (Wildman–Crippen LogP) is 6.09. The van der Waals surface area contributed by atoms with Crippen molar-refractivity contribution < 1.29 is 4.39 Å². The van der Waals surface area contributed by atoms with Crippen molar-refractivity contribution in [2.75, 3.05) is 0 Å². The summed E-state index contributed by atoms with van der Waals surface area (Å²) in [4.78, 5) is 11.3. The second-order valence-electron chi connectivity index (χ2n) is 6.17. The summed E-state index contributed by atoms with van der Waals surface area (Å²) < 4.78 is 14.8. The molecule has 0 saturated heterocycles. The van der Waals surface area contributed by atoms with Gasteiger partial charge in [-0.15, -0.1) is 0 Å². The van der Waals surface area contributed by atoms with E-state index in [0.29, 0.717) is 16.9 Å². The van der Waals surface area contributed by atoms with Gasteiger partial charge >= 0.3 is 0 Å². The van der Waals surface area contributed by atoms with Crippen molar-refractivity contribution in [3.63, 3.8) is 0 Å². The lowest BCUT2D eigenvalue weighted by atomic mass is 10.2. The highest BCUT2D eigenvalue weighted by atomic mass is 35.5. The van der Waals surface area contributed by atoms with E-state index >= 15 is 0 Å². The van der Waals surface area contributed by atoms with Gasteiger partial charge in [-0.2, -0.15) is 0 Å². The molecule has 0 radical (unpaired) electrons. The first-order valence-electron chi connectivity index (χ1n) is 8.54. The Morgan fingerprint density at radius 1 is 0.821 bits per heavy atom. The van der Waals surface area contributed by atoms with Gasteiger partial charge in [0.2, 0.25) is 0 Å². The molecule has 0 aliphatic heterocycles. The maximum atomic E-state index is 12.8. The van der Waals surface area contributed by atoms with Crippen LogP contribution in [0.15, 0.2) is 73.1 Å². The van der Waals surface area contributed by atoms with Crippen molar-refractivity contribution in [2.24, 2.45) is 0 Å². The molecule has 0 fully saturated rings. The van der Waals surface area contributed by atoms with Crippen LogP contribution in [0.5, 0.6) is 0 Å². The van der Waals surface area contributed by atoms with E-state index in [4.69, 9.17) is 23.2 Å². The van der Waals surface area contributed by atoms with Crippen molar-refractivity contribution in [2.45, 2.75) is 6.54 Å². The number of hydrogen-bond acceptors (Lipinski definition) is 2. The van der Waals surface area contributed by atoms with Crippen LogP contribution in [0.25, 0.3) is 22.1 Å². The highest BCUT2D eigenvalue weighted by Gasteiger charge is 2.04. The summed E-state index contributed by atoms with van der Waals surface area (Å²) >= 11 is 11.5. The second-order valence-corrected chi connectivity index (χ2v) is 6.94. The van der Waals surface area contributed by atoms with E-state index in [2.05, 4.69) is 15.0 Å². The maximum absolute atomic E-state index is 12.8. The lowest BCUT2D eigenvalue weighted by molar-refractivity contribution is 0.626. The van der Waals surface area contributed by atoms with Crippen LogP contribution >= 0.6 is 23.2 Å². The molecule has 4 aromatic heterocycles. The van der Waals surface area contributed by atoms with Gasteiger partial charge in [0, 0.05) is 29.7 Å². The van der Waals surface area contributed by atoms with Crippen molar-refractivity contribution in [1.82, 2.24) is 19.5 Å². The molecule has 0 bridgehead atoms. The van der Waals surface area contributed by atoms with E-state index in [-0.39, 0.29) is 5.82 Å². The number of H-pyrrole nitrogens is 1. The summed E-state index contributed by atoms with van der Waals surface area (Å²) in [6.07, 6.45) is 3.80. The van der Waals surface area contributed by atoms with Gasteiger partial charge in [-0.3, -0.25) is 0 Å². The minimum absolute atomic E-state index is 0.225. The number of rotatable bonds is 2. The summed E-state index contributed by atoms with van der Waals surface area (Å²) in [7, 11) is 0. The number of nitrogens with one attached hydrogen (secondary N) is 1. The number of aromatic nitrogens is 4. The first-order chi connectivity index (χ1) is 13.6. The van der Waals surface area contributed by atoms with Crippen molar-refractivity contribution in [3.05, 3.63) is 94.7 Å². The van der Waals surface area contributed by atoms with Gasteiger partial charge in [0.05, 0.1) is 0 Å². The molecule has 0 spiro atoms. The Bertz CT molecular complexity index is 1230. The molecule has 140 valence electrons. The second kappa shape index (κ2) is 8.00. The highest BCUT2D eigenvalue weighted by molar-refractivity contribution is 6.30. The van der Waals surface area contributed by atoms with Gasteiger partial charge in [0.25, 0.3) is 0 Å². The molecule has 7 heteroatoms. The van der Waals surface area contributed by atoms with E-state index < -0.39 is 0 Å². The number of pyridine rings is 2. The molecular formula is C21H15Cl2FN4. The Morgan fingerprint density at radius 3 is 2.32 bits per heavy atom. The van der Waals surface area contributed by atoms with Crippen molar-refractivity contribution in [1.29, 1.82) is 0 Å². The van der Waals surface area contributed by atoms with Crippen LogP contribution in [-0.2, 0) is 6.54 Å². The molecule has 0 atom stereocenters. The summed E-state index contributed by atoms with van der Waals surface area (Å²) in [5.74, 6) is -0.225. The van der Waals surface area contributed by atoms with Gasteiger partial charge in [0.15, 0.2) is 0 Å². The minimum atomic E-state index is -0.225. The molecule has 1 aromatic carbocycles. The molecular weight excluding hydrogens is 398 g/mol. The summed E-state index contributed by atoms with van der Waals surface area (Å²) in [5, 5.41) is 3.13. The van der Waals surface area contributed by atoms with Crippen molar-refractivity contribution >= 4 is 45.3 Å². The largest absolute Gasteiger partial charge is 0.346 e. The zero-order chi connectivity index (χ0) is 19.5. The number of halogens is 3. The quantitative estimate of drug-likeness (QED) is 0.356. The third-order valence-electron chi connectivity index (χ3n) is 4.22. The fourth-order valence-corrected chi connectivity index (χ4v) is 3.15. The van der Waals surface area contributed by atoms with Crippen LogP contribution in [0, 0.1) is 5.82 Å². The third-order valence-corrected chi connectivity index (χ3v) is 4.64. The van der Waals surface area contributed by atoms with Crippen LogP contribution in [-0.4, -0.2) is 19.5 Å². The predicted molar refractivity (Wildman–Crippen MR) is 111 cm³/mol. The first-order valence-corrected chi connectivity index (χ1v) is 9.29. The zero-order valence-corrected chi connectivity index (χ0v) is 16.1. The summed E-state index contributed by atoms with van der Waals surface area (Å²) in [6.45, 7) is 0.650. The average Bonchev–Trinajstić information content (AvgIpc) is 3.30. The molecule has 0 saturated carbocycles. The van der Waals surface area contributed by atoms with Crippen LogP contribution in [0.1, 0.15) is 5.56 Å². The third kappa shape index (κ3) is 4.16. The van der Waals surface area contributed by atoms with Gasteiger partial charge in [-0.1, -0.05) is 35.3 Å². The summed E-state index contributed by atoms with van der Waals surface area (Å²) in [5.41, 5.74) is 2.70. The maximum Gasteiger partial charge on any atom is 0.141 e. The average molecular weight is 413 g/mol. The lowest BCUT2D eigenvalue weighted by Gasteiger charge is -2.05. The standard InChI is InChI=1S/C14H10ClFN2.C7H5ClN2/c15-13-6-3-11-7-8-18(14(11)17-13)9-10-1-4-12(16)5-2-10;8-6-2-1-5-3-4-9-7(5)10-6/h1-8H,9H2;1-4H,(H,9,10).